The number of amides is 3. The molecule has 0 aromatic heterocycles. The zero-order chi connectivity index (χ0) is 30.5. The molecule has 1 aliphatic rings. The lowest BCUT2D eigenvalue weighted by atomic mass is 10.1. The van der Waals surface area contributed by atoms with Gasteiger partial charge in [0.15, 0.2) is 0 Å². The molecule has 11 heteroatoms. The lowest BCUT2D eigenvalue weighted by molar-refractivity contribution is -0.134. The van der Waals surface area contributed by atoms with Gasteiger partial charge < -0.3 is 34.5 Å². The van der Waals surface area contributed by atoms with E-state index in [0.717, 1.165) is 18.4 Å². The smallest absolute Gasteiger partial charge is 0.445 e. The van der Waals surface area contributed by atoms with Crippen molar-refractivity contribution < 1.29 is 38.1 Å². The predicted octanol–water partition coefficient (Wildman–Crippen LogP) is 5.31. The minimum absolute atomic E-state index is 0.117. The SMILES string of the molecule is CC(C)(C)OC(=O)N[C@@H](CCCCNC(=O)OCc1ccccc1)C(=O)N1CCCC1CCOC(=O)OC(C)(C)C. The first-order chi connectivity index (χ1) is 19.2. The maximum atomic E-state index is 13.6. The van der Waals surface area contributed by atoms with Gasteiger partial charge in [0.05, 0.1) is 6.61 Å². The minimum atomic E-state index is -0.790. The molecule has 2 rings (SSSR count). The molecule has 1 aromatic rings. The third-order valence-electron chi connectivity index (χ3n) is 6.11. The summed E-state index contributed by atoms with van der Waals surface area (Å²) in [5.74, 6) is -0.203. The summed E-state index contributed by atoms with van der Waals surface area (Å²) in [6, 6.07) is 8.49. The molecule has 0 saturated carbocycles. The second-order valence-electron chi connectivity index (χ2n) is 12.1. The Morgan fingerprint density at radius 3 is 2.27 bits per heavy atom. The van der Waals surface area contributed by atoms with Crippen LogP contribution < -0.4 is 10.6 Å². The number of carbonyl (C=O) groups is 4. The zero-order valence-corrected chi connectivity index (χ0v) is 25.3. The van der Waals surface area contributed by atoms with Crippen molar-refractivity contribution in [1.82, 2.24) is 15.5 Å². The van der Waals surface area contributed by atoms with Crippen molar-refractivity contribution in [3.05, 3.63) is 35.9 Å². The predicted molar refractivity (Wildman–Crippen MR) is 153 cm³/mol. The summed E-state index contributed by atoms with van der Waals surface area (Å²) in [5, 5.41) is 5.46. The van der Waals surface area contributed by atoms with Gasteiger partial charge in [0.2, 0.25) is 5.91 Å². The van der Waals surface area contributed by atoms with Crippen molar-refractivity contribution in [3.8, 4) is 0 Å². The van der Waals surface area contributed by atoms with Gasteiger partial charge in [-0.15, -0.1) is 0 Å². The molecule has 2 atom stereocenters. The highest BCUT2D eigenvalue weighted by atomic mass is 16.7. The van der Waals surface area contributed by atoms with Crippen LogP contribution in [-0.2, 0) is 30.3 Å². The molecule has 11 nitrogen and oxygen atoms in total. The number of nitrogens with one attached hydrogen (secondary N) is 2. The van der Waals surface area contributed by atoms with Gasteiger partial charge >= 0.3 is 18.3 Å². The van der Waals surface area contributed by atoms with Crippen LogP contribution in [0.1, 0.15) is 85.6 Å². The number of ether oxygens (including phenoxy) is 4. The van der Waals surface area contributed by atoms with E-state index in [1.54, 1.807) is 46.4 Å². The minimum Gasteiger partial charge on any atom is -0.445 e. The second kappa shape index (κ2) is 16.1. The highest BCUT2D eigenvalue weighted by molar-refractivity contribution is 5.86. The molecule has 3 amide bonds. The van der Waals surface area contributed by atoms with E-state index < -0.39 is 35.6 Å². The molecular formula is C30H47N3O8. The third-order valence-corrected chi connectivity index (χ3v) is 6.11. The molecule has 41 heavy (non-hydrogen) atoms. The normalized spacial score (nSPS) is 16.0. The number of rotatable bonds is 12. The van der Waals surface area contributed by atoms with E-state index in [1.807, 2.05) is 30.3 Å². The molecule has 230 valence electrons. The van der Waals surface area contributed by atoms with Crippen LogP contribution in [0.3, 0.4) is 0 Å². The van der Waals surface area contributed by atoms with Gasteiger partial charge in [0, 0.05) is 25.6 Å². The third kappa shape index (κ3) is 14.1. The van der Waals surface area contributed by atoms with Crippen LogP contribution >= 0.6 is 0 Å². The van der Waals surface area contributed by atoms with Crippen molar-refractivity contribution in [3.63, 3.8) is 0 Å². The lowest BCUT2D eigenvalue weighted by Crippen LogP contribution is -2.51. The summed E-state index contributed by atoms with van der Waals surface area (Å²) in [6.45, 7) is 11.8. The van der Waals surface area contributed by atoms with Crippen LogP contribution in [0.15, 0.2) is 30.3 Å². The maximum Gasteiger partial charge on any atom is 0.508 e. The molecule has 0 spiro atoms. The van der Waals surface area contributed by atoms with E-state index in [2.05, 4.69) is 10.6 Å². The second-order valence-corrected chi connectivity index (χ2v) is 12.1. The van der Waals surface area contributed by atoms with E-state index in [-0.39, 0.29) is 25.2 Å². The molecule has 2 N–H and O–H groups in total. The average molecular weight is 578 g/mol. The molecule has 1 unspecified atom stereocenters. The van der Waals surface area contributed by atoms with Crippen LogP contribution in [0, 0.1) is 0 Å². The Labute approximate surface area is 243 Å². The first-order valence-corrected chi connectivity index (χ1v) is 14.3. The number of likely N-dealkylation sites (tertiary alicyclic amines) is 1. The van der Waals surface area contributed by atoms with E-state index in [9.17, 15) is 19.2 Å². The summed E-state index contributed by atoms with van der Waals surface area (Å²) in [6.07, 6.45) is 1.68. The van der Waals surface area contributed by atoms with Crippen molar-refractivity contribution in [2.24, 2.45) is 0 Å². The fraction of sp³-hybridized carbons (Fsp3) is 0.667. The standard InChI is InChI=1S/C30H47N3O8/c1-29(2,3)40-27(36)32-24(16-10-11-18-31-26(35)39-21-22-13-8-7-9-14-22)25(34)33-19-12-15-23(33)17-20-38-28(37)41-30(4,5)6/h7-9,13-14,23-24H,10-12,15-21H2,1-6H3,(H,31,35)(H,32,36)/t23?,24-/m0/s1. The van der Waals surface area contributed by atoms with Crippen LogP contribution in [0.5, 0.6) is 0 Å². The number of hydrogen-bond acceptors (Lipinski definition) is 8. The Kier molecular flexibility index (Phi) is 13.2. The molecular weight excluding hydrogens is 530 g/mol. The molecule has 1 fully saturated rings. The topological polar surface area (TPSA) is 132 Å². The molecule has 0 bridgehead atoms. The van der Waals surface area contributed by atoms with Crippen LogP contribution in [0.4, 0.5) is 14.4 Å². The fourth-order valence-electron chi connectivity index (χ4n) is 4.33. The Morgan fingerprint density at radius 1 is 0.927 bits per heavy atom. The van der Waals surface area contributed by atoms with Crippen LogP contribution in [0.2, 0.25) is 0 Å². The van der Waals surface area contributed by atoms with Gasteiger partial charge in [-0.3, -0.25) is 4.79 Å². The average Bonchev–Trinajstić information content (AvgIpc) is 3.33. The van der Waals surface area contributed by atoms with Gasteiger partial charge in [0.25, 0.3) is 0 Å². The largest absolute Gasteiger partial charge is 0.508 e. The molecule has 1 aromatic carbocycles. The molecule has 1 saturated heterocycles. The monoisotopic (exact) mass is 577 g/mol. The number of carbonyl (C=O) groups excluding carboxylic acids is 4. The Morgan fingerprint density at radius 2 is 1.61 bits per heavy atom. The lowest BCUT2D eigenvalue weighted by Gasteiger charge is -2.30. The Balaban J connectivity index is 1.86. The molecule has 0 radical (unpaired) electrons. The van der Waals surface area contributed by atoms with Gasteiger partial charge in [-0.25, -0.2) is 14.4 Å². The number of benzene rings is 1. The van der Waals surface area contributed by atoms with Crippen molar-refractivity contribution in [2.75, 3.05) is 19.7 Å². The first-order valence-electron chi connectivity index (χ1n) is 14.3. The molecule has 1 heterocycles. The van der Waals surface area contributed by atoms with Crippen molar-refractivity contribution in [2.45, 2.75) is 110 Å². The van der Waals surface area contributed by atoms with Gasteiger partial charge in [0.1, 0.15) is 23.9 Å². The number of hydrogen-bond donors (Lipinski definition) is 2. The highest BCUT2D eigenvalue weighted by Gasteiger charge is 2.34. The van der Waals surface area contributed by atoms with Gasteiger partial charge in [-0.05, 0) is 79.2 Å². The van der Waals surface area contributed by atoms with Gasteiger partial charge in [-0.1, -0.05) is 30.3 Å². The summed E-state index contributed by atoms with van der Waals surface area (Å²) < 4.78 is 21.0. The number of alkyl carbamates (subject to hydrolysis) is 2. The van der Waals surface area contributed by atoms with E-state index >= 15 is 0 Å². The van der Waals surface area contributed by atoms with Crippen molar-refractivity contribution >= 4 is 24.2 Å². The van der Waals surface area contributed by atoms with E-state index in [4.69, 9.17) is 18.9 Å². The zero-order valence-electron chi connectivity index (χ0n) is 25.3. The highest BCUT2D eigenvalue weighted by Crippen LogP contribution is 2.23. The van der Waals surface area contributed by atoms with Crippen LogP contribution in [-0.4, -0.2) is 72.1 Å². The summed E-state index contributed by atoms with van der Waals surface area (Å²) in [4.78, 5) is 51.8. The fourth-order valence-corrected chi connectivity index (χ4v) is 4.33. The number of nitrogens with zero attached hydrogens (tertiary/aromatic N) is 1. The molecule has 0 aliphatic carbocycles. The van der Waals surface area contributed by atoms with Crippen LogP contribution in [0.25, 0.3) is 0 Å². The summed E-state index contributed by atoms with van der Waals surface area (Å²) in [7, 11) is 0. The van der Waals surface area contributed by atoms with Crippen molar-refractivity contribution in [1.29, 1.82) is 0 Å². The summed E-state index contributed by atoms with van der Waals surface area (Å²) in [5.41, 5.74) is -0.462. The number of unbranched alkanes of at least 4 members (excludes halogenated alkanes) is 1. The summed E-state index contributed by atoms with van der Waals surface area (Å²) >= 11 is 0. The molecule has 1 aliphatic heterocycles. The first kappa shape index (κ1) is 33.7. The maximum absolute atomic E-state index is 13.6. The Hall–Kier alpha value is -3.50. The van der Waals surface area contributed by atoms with Gasteiger partial charge in [-0.2, -0.15) is 0 Å². The van der Waals surface area contributed by atoms with E-state index in [0.29, 0.717) is 38.8 Å². The Bertz CT molecular complexity index is 988. The quantitative estimate of drug-likeness (QED) is 0.194. The van der Waals surface area contributed by atoms with E-state index in [1.165, 1.54) is 0 Å².